The summed E-state index contributed by atoms with van der Waals surface area (Å²) < 4.78 is 3.04. The summed E-state index contributed by atoms with van der Waals surface area (Å²) in [7, 11) is 0. The molecule has 6 nitrogen and oxygen atoms in total. The number of rotatable bonds is 5. The standard InChI is InChI=1S/C14H15N5OS/c1-2-21-9-8-18-14(20)12-10-15-19(13(12)16-17-18)11-6-4-3-5-7-11/h3-7,10H,2,8-9H2,1H3. The Labute approximate surface area is 125 Å². The quantitative estimate of drug-likeness (QED) is 0.671. The van der Waals surface area contributed by atoms with Crippen molar-refractivity contribution >= 4 is 22.8 Å². The van der Waals surface area contributed by atoms with Crippen LogP contribution in [0.15, 0.2) is 41.3 Å². The lowest BCUT2D eigenvalue weighted by molar-refractivity contribution is 0.583. The van der Waals surface area contributed by atoms with Gasteiger partial charge in [0.2, 0.25) is 0 Å². The van der Waals surface area contributed by atoms with E-state index in [4.69, 9.17) is 0 Å². The van der Waals surface area contributed by atoms with Gasteiger partial charge in [-0.05, 0) is 17.9 Å². The molecule has 0 saturated carbocycles. The minimum absolute atomic E-state index is 0.140. The lowest BCUT2D eigenvalue weighted by Crippen LogP contribution is -2.25. The second-order valence-corrected chi connectivity index (χ2v) is 5.84. The van der Waals surface area contributed by atoms with Crippen LogP contribution in [0.2, 0.25) is 0 Å². The zero-order valence-electron chi connectivity index (χ0n) is 11.6. The van der Waals surface area contributed by atoms with E-state index >= 15 is 0 Å². The Morgan fingerprint density at radius 1 is 1.24 bits per heavy atom. The van der Waals surface area contributed by atoms with Crippen LogP contribution in [0, 0.1) is 0 Å². The Bertz CT molecular complexity index is 796. The van der Waals surface area contributed by atoms with Crippen molar-refractivity contribution in [2.75, 3.05) is 11.5 Å². The molecule has 0 unspecified atom stereocenters. The minimum atomic E-state index is -0.140. The summed E-state index contributed by atoms with van der Waals surface area (Å²) in [6.45, 7) is 2.66. The number of para-hydroxylation sites is 1. The third kappa shape index (κ3) is 2.69. The summed E-state index contributed by atoms with van der Waals surface area (Å²) >= 11 is 1.77. The topological polar surface area (TPSA) is 65.6 Å². The maximum Gasteiger partial charge on any atom is 0.280 e. The van der Waals surface area contributed by atoms with Crippen molar-refractivity contribution in [3.8, 4) is 5.69 Å². The molecule has 0 aliphatic heterocycles. The van der Waals surface area contributed by atoms with Crippen LogP contribution >= 0.6 is 11.8 Å². The summed E-state index contributed by atoms with van der Waals surface area (Å²) in [5.41, 5.74) is 1.21. The third-order valence-corrected chi connectivity index (χ3v) is 3.99. The normalized spacial score (nSPS) is 11.1. The van der Waals surface area contributed by atoms with E-state index in [9.17, 15) is 4.79 Å². The van der Waals surface area contributed by atoms with Crippen molar-refractivity contribution in [1.82, 2.24) is 24.8 Å². The zero-order valence-corrected chi connectivity index (χ0v) is 12.5. The Hall–Kier alpha value is -2.15. The fourth-order valence-corrected chi connectivity index (χ4v) is 2.66. The molecular weight excluding hydrogens is 286 g/mol. The first kappa shape index (κ1) is 13.8. The lowest BCUT2D eigenvalue weighted by Gasteiger charge is -2.04. The SMILES string of the molecule is CCSCCn1nnc2c(cnn2-c2ccccc2)c1=O. The van der Waals surface area contributed by atoms with Gasteiger partial charge in [0.1, 0.15) is 5.39 Å². The predicted octanol–water partition coefficient (Wildman–Crippen LogP) is 1.73. The van der Waals surface area contributed by atoms with E-state index in [0.717, 1.165) is 17.2 Å². The van der Waals surface area contributed by atoms with E-state index in [-0.39, 0.29) is 5.56 Å². The Kier molecular flexibility index (Phi) is 4.01. The first-order valence-corrected chi connectivity index (χ1v) is 7.91. The minimum Gasteiger partial charge on any atom is -0.267 e. The molecule has 0 saturated heterocycles. The first-order chi connectivity index (χ1) is 10.3. The number of aryl methyl sites for hydroxylation is 1. The summed E-state index contributed by atoms with van der Waals surface area (Å²) in [6, 6.07) is 9.59. The number of hydrogen-bond acceptors (Lipinski definition) is 5. The average molecular weight is 301 g/mol. The highest BCUT2D eigenvalue weighted by Crippen LogP contribution is 2.12. The van der Waals surface area contributed by atoms with Crippen molar-refractivity contribution in [1.29, 1.82) is 0 Å². The van der Waals surface area contributed by atoms with Crippen LogP contribution in [-0.2, 0) is 6.54 Å². The molecule has 108 valence electrons. The summed E-state index contributed by atoms with van der Waals surface area (Å²) in [5.74, 6) is 1.87. The molecule has 0 aliphatic rings. The van der Waals surface area contributed by atoms with Gasteiger partial charge in [-0.25, -0.2) is 9.36 Å². The Morgan fingerprint density at radius 2 is 2.05 bits per heavy atom. The van der Waals surface area contributed by atoms with Gasteiger partial charge in [0.05, 0.1) is 18.4 Å². The van der Waals surface area contributed by atoms with E-state index in [1.807, 2.05) is 30.3 Å². The molecule has 0 bridgehead atoms. The lowest BCUT2D eigenvalue weighted by atomic mass is 10.3. The molecule has 0 radical (unpaired) electrons. The van der Waals surface area contributed by atoms with Gasteiger partial charge in [0.15, 0.2) is 5.65 Å². The van der Waals surface area contributed by atoms with Crippen LogP contribution in [0.1, 0.15) is 6.92 Å². The second kappa shape index (κ2) is 6.09. The van der Waals surface area contributed by atoms with Crippen molar-refractivity contribution in [2.45, 2.75) is 13.5 Å². The fraction of sp³-hybridized carbons (Fsp3) is 0.286. The van der Waals surface area contributed by atoms with Crippen molar-refractivity contribution in [2.24, 2.45) is 0 Å². The van der Waals surface area contributed by atoms with Crippen molar-refractivity contribution < 1.29 is 0 Å². The molecule has 0 N–H and O–H groups in total. The van der Waals surface area contributed by atoms with E-state index in [1.54, 1.807) is 22.6 Å². The highest BCUT2D eigenvalue weighted by atomic mass is 32.2. The molecule has 0 spiro atoms. The van der Waals surface area contributed by atoms with Crippen molar-refractivity contribution in [3.63, 3.8) is 0 Å². The highest BCUT2D eigenvalue weighted by molar-refractivity contribution is 7.99. The maximum absolute atomic E-state index is 12.4. The van der Waals surface area contributed by atoms with Crippen LogP contribution in [0.25, 0.3) is 16.7 Å². The molecule has 2 heterocycles. The molecule has 0 amide bonds. The molecule has 0 atom stereocenters. The van der Waals surface area contributed by atoms with Gasteiger partial charge in [-0.2, -0.15) is 16.9 Å². The van der Waals surface area contributed by atoms with E-state index in [1.165, 1.54) is 4.68 Å². The molecule has 3 rings (SSSR count). The van der Waals surface area contributed by atoms with E-state index < -0.39 is 0 Å². The van der Waals surface area contributed by atoms with E-state index in [2.05, 4.69) is 22.3 Å². The Balaban J connectivity index is 2.01. The van der Waals surface area contributed by atoms with Gasteiger partial charge >= 0.3 is 0 Å². The van der Waals surface area contributed by atoms with Gasteiger partial charge in [-0.15, -0.1) is 5.10 Å². The summed E-state index contributed by atoms with van der Waals surface area (Å²) in [6.07, 6.45) is 1.56. The van der Waals surface area contributed by atoms with Crippen LogP contribution < -0.4 is 5.56 Å². The molecule has 0 aliphatic carbocycles. The number of fused-ring (bicyclic) bond motifs is 1. The number of benzene rings is 1. The predicted molar refractivity (Wildman–Crippen MR) is 83.9 cm³/mol. The van der Waals surface area contributed by atoms with Gasteiger partial charge in [0, 0.05) is 5.75 Å². The molecule has 7 heteroatoms. The molecule has 1 aromatic carbocycles. The van der Waals surface area contributed by atoms with Crippen LogP contribution in [0.5, 0.6) is 0 Å². The molecule has 0 fully saturated rings. The van der Waals surface area contributed by atoms with Gasteiger partial charge < -0.3 is 0 Å². The fourth-order valence-electron chi connectivity index (χ4n) is 2.06. The first-order valence-electron chi connectivity index (χ1n) is 6.76. The molecule has 3 aromatic rings. The monoisotopic (exact) mass is 301 g/mol. The van der Waals surface area contributed by atoms with Gasteiger partial charge in [-0.1, -0.05) is 30.3 Å². The average Bonchev–Trinajstić information content (AvgIpc) is 2.95. The highest BCUT2D eigenvalue weighted by Gasteiger charge is 2.12. The van der Waals surface area contributed by atoms with Crippen molar-refractivity contribution in [3.05, 3.63) is 46.9 Å². The maximum atomic E-state index is 12.4. The summed E-state index contributed by atoms with van der Waals surface area (Å²) in [4.78, 5) is 12.4. The molecule has 21 heavy (non-hydrogen) atoms. The molecule has 2 aromatic heterocycles. The number of hydrogen-bond donors (Lipinski definition) is 0. The summed E-state index contributed by atoms with van der Waals surface area (Å²) in [5, 5.41) is 12.9. The molecular formula is C14H15N5OS. The second-order valence-electron chi connectivity index (χ2n) is 4.44. The number of thioether (sulfide) groups is 1. The van der Waals surface area contributed by atoms with Gasteiger partial charge in [-0.3, -0.25) is 4.79 Å². The van der Waals surface area contributed by atoms with Gasteiger partial charge in [0.25, 0.3) is 5.56 Å². The third-order valence-electron chi connectivity index (χ3n) is 3.11. The number of nitrogens with zero attached hydrogens (tertiary/aromatic N) is 5. The number of aromatic nitrogens is 5. The van der Waals surface area contributed by atoms with Crippen LogP contribution in [0.4, 0.5) is 0 Å². The zero-order chi connectivity index (χ0) is 14.7. The van der Waals surface area contributed by atoms with Crippen LogP contribution in [0.3, 0.4) is 0 Å². The largest absolute Gasteiger partial charge is 0.280 e. The Morgan fingerprint density at radius 3 is 2.81 bits per heavy atom. The van der Waals surface area contributed by atoms with Crippen LogP contribution in [-0.4, -0.2) is 36.3 Å². The smallest absolute Gasteiger partial charge is 0.267 e. The van der Waals surface area contributed by atoms with E-state index in [0.29, 0.717) is 17.6 Å².